The largest absolute Gasteiger partial charge is 0.490 e. The third-order valence-electron chi connectivity index (χ3n) is 4.85. The van der Waals surface area contributed by atoms with E-state index >= 15 is 0 Å². The Bertz CT molecular complexity index is 916. The van der Waals surface area contributed by atoms with Crippen molar-refractivity contribution in [2.75, 3.05) is 13.1 Å². The Labute approximate surface area is 153 Å². The fourth-order valence-electron chi connectivity index (χ4n) is 3.49. The van der Waals surface area contributed by atoms with Gasteiger partial charge >= 0.3 is 0 Å². The van der Waals surface area contributed by atoms with Crippen LogP contribution in [0.3, 0.4) is 0 Å². The second-order valence-corrected chi connectivity index (χ2v) is 6.75. The highest BCUT2D eigenvalue weighted by Crippen LogP contribution is 2.28. The quantitative estimate of drug-likeness (QED) is 0.713. The van der Waals surface area contributed by atoms with Gasteiger partial charge in [-0.3, -0.25) is 9.78 Å². The lowest BCUT2D eigenvalue weighted by Gasteiger charge is -2.32. The van der Waals surface area contributed by atoms with Gasteiger partial charge in [-0.2, -0.15) is 0 Å². The Morgan fingerprint density at radius 2 is 1.73 bits per heavy atom. The van der Waals surface area contributed by atoms with Crippen LogP contribution in [-0.4, -0.2) is 35.0 Å². The second kappa shape index (κ2) is 7.16. The number of amides is 1. The molecule has 4 rings (SSSR count). The smallest absolute Gasteiger partial charge is 0.253 e. The number of pyridine rings is 1. The van der Waals surface area contributed by atoms with Crippen molar-refractivity contribution in [1.82, 2.24) is 9.88 Å². The first-order valence-corrected chi connectivity index (χ1v) is 9.08. The number of piperidine rings is 1. The van der Waals surface area contributed by atoms with Crippen LogP contribution in [0.5, 0.6) is 5.75 Å². The molecule has 1 aromatic heterocycles. The third kappa shape index (κ3) is 3.40. The van der Waals surface area contributed by atoms with E-state index in [1.54, 1.807) is 0 Å². The molecular formula is C22H22N2O2. The van der Waals surface area contributed by atoms with Crippen LogP contribution in [0.2, 0.25) is 0 Å². The van der Waals surface area contributed by atoms with Crippen LogP contribution in [0.1, 0.15) is 28.9 Å². The predicted octanol–water partition coefficient (Wildman–Crippen LogP) is 4.23. The number of aryl methyl sites for hydroxylation is 1. The molecule has 3 aromatic rings. The van der Waals surface area contributed by atoms with E-state index < -0.39 is 0 Å². The van der Waals surface area contributed by atoms with E-state index in [1.807, 2.05) is 72.5 Å². The van der Waals surface area contributed by atoms with E-state index in [9.17, 15) is 4.79 Å². The zero-order chi connectivity index (χ0) is 17.9. The van der Waals surface area contributed by atoms with Crippen LogP contribution in [0.25, 0.3) is 10.9 Å². The second-order valence-electron chi connectivity index (χ2n) is 6.75. The van der Waals surface area contributed by atoms with Crippen LogP contribution in [0.4, 0.5) is 0 Å². The zero-order valence-electron chi connectivity index (χ0n) is 14.9. The molecule has 0 N–H and O–H groups in total. The number of aromatic nitrogens is 1. The number of carbonyl (C=O) groups excluding carboxylic acids is 1. The minimum Gasteiger partial charge on any atom is -0.490 e. The van der Waals surface area contributed by atoms with Crippen molar-refractivity contribution in [3.8, 4) is 5.75 Å². The molecular weight excluding hydrogens is 324 g/mol. The number of rotatable bonds is 3. The van der Waals surface area contributed by atoms with E-state index in [2.05, 4.69) is 4.98 Å². The summed E-state index contributed by atoms with van der Waals surface area (Å²) in [7, 11) is 0. The van der Waals surface area contributed by atoms with Gasteiger partial charge in [0.15, 0.2) is 0 Å². The summed E-state index contributed by atoms with van der Waals surface area (Å²) in [6.07, 6.45) is 1.81. The van der Waals surface area contributed by atoms with Crippen LogP contribution >= 0.6 is 0 Å². The van der Waals surface area contributed by atoms with Crippen molar-refractivity contribution in [2.24, 2.45) is 0 Å². The van der Waals surface area contributed by atoms with Crippen molar-refractivity contribution >= 4 is 16.8 Å². The van der Waals surface area contributed by atoms with Gasteiger partial charge in [-0.25, -0.2) is 0 Å². The molecule has 4 heteroatoms. The Hall–Kier alpha value is -2.88. The molecule has 0 spiro atoms. The summed E-state index contributed by atoms with van der Waals surface area (Å²) in [6, 6.07) is 19.5. The highest BCUT2D eigenvalue weighted by molar-refractivity contribution is 5.94. The lowest BCUT2D eigenvalue weighted by Crippen LogP contribution is -2.41. The van der Waals surface area contributed by atoms with Gasteiger partial charge in [0, 0.05) is 48.6 Å². The summed E-state index contributed by atoms with van der Waals surface area (Å²) in [5.74, 6) is 0.996. The summed E-state index contributed by atoms with van der Waals surface area (Å²) in [5, 5.41) is 1.04. The third-order valence-corrected chi connectivity index (χ3v) is 4.85. The fraction of sp³-hybridized carbons (Fsp3) is 0.273. The molecule has 0 radical (unpaired) electrons. The molecule has 0 saturated carbocycles. The molecule has 2 heterocycles. The van der Waals surface area contributed by atoms with Gasteiger partial charge < -0.3 is 9.64 Å². The average Bonchev–Trinajstić information content (AvgIpc) is 2.68. The summed E-state index contributed by atoms with van der Waals surface area (Å²) >= 11 is 0. The van der Waals surface area contributed by atoms with E-state index in [0.717, 1.165) is 53.8 Å². The monoisotopic (exact) mass is 346 g/mol. The van der Waals surface area contributed by atoms with Crippen molar-refractivity contribution in [2.45, 2.75) is 25.9 Å². The first kappa shape index (κ1) is 16.6. The van der Waals surface area contributed by atoms with E-state index in [4.69, 9.17) is 4.74 Å². The number of hydrogen-bond donors (Lipinski definition) is 0. The summed E-state index contributed by atoms with van der Waals surface area (Å²) < 4.78 is 6.31. The van der Waals surface area contributed by atoms with Gasteiger partial charge in [-0.1, -0.05) is 30.3 Å². The number of benzene rings is 2. The van der Waals surface area contributed by atoms with Crippen LogP contribution in [-0.2, 0) is 0 Å². The molecule has 2 aromatic carbocycles. The Morgan fingerprint density at radius 3 is 2.50 bits per heavy atom. The number of nitrogens with zero attached hydrogens (tertiary/aromatic N) is 2. The van der Waals surface area contributed by atoms with Gasteiger partial charge in [0.2, 0.25) is 0 Å². The minimum atomic E-state index is 0.106. The van der Waals surface area contributed by atoms with Crippen molar-refractivity contribution in [3.05, 3.63) is 71.9 Å². The lowest BCUT2D eigenvalue weighted by atomic mass is 10.1. The predicted molar refractivity (Wildman–Crippen MR) is 102 cm³/mol. The standard InChI is InChI=1S/C22H22N2O2/c1-16-15-21(19-9-5-6-10-20(19)23-16)26-18-11-13-24(14-12-18)22(25)17-7-3-2-4-8-17/h2-10,15,18H,11-14H2,1H3. The number of para-hydroxylation sites is 1. The van der Waals surface area contributed by atoms with Gasteiger partial charge in [-0.15, -0.1) is 0 Å². The number of fused-ring (bicyclic) bond motifs is 1. The van der Waals surface area contributed by atoms with Crippen molar-refractivity contribution in [1.29, 1.82) is 0 Å². The summed E-state index contributed by atoms with van der Waals surface area (Å²) in [6.45, 7) is 3.43. The van der Waals surface area contributed by atoms with Crippen molar-refractivity contribution < 1.29 is 9.53 Å². The number of carbonyl (C=O) groups is 1. The summed E-state index contributed by atoms with van der Waals surface area (Å²) in [5.41, 5.74) is 2.66. The zero-order valence-corrected chi connectivity index (χ0v) is 14.9. The molecule has 1 saturated heterocycles. The van der Waals surface area contributed by atoms with Gasteiger partial charge in [0.05, 0.1) is 5.52 Å². The highest BCUT2D eigenvalue weighted by atomic mass is 16.5. The molecule has 0 bridgehead atoms. The average molecular weight is 346 g/mol. The maximum Gasteiger partial charge on any atom is 0.253 e. The molecule has 132 valence electrons. The molecule has 1 aliphatic heterocycles. The first-order chi connectivity index (χ1) is 12.7. The Balaban J connectivity index is 1.44. The SMILES string of the molecule is Cc1cc(OC2CCN(C(=O)c3ccccc3)CC2)c2ccccc2n1. The fourth-order valence-corrected chi connectivity index (χ4v) is 3.49. The molecule has 1 fully saturated rings. The molecule has 1 amide bonds. The number of ether oxygens (including phenoxy) is 1. The maximum atomic E-state index is 12.6. The molecule has 26 heavy (non-hydrogen) atoms. The maximum absolute atomic E-state index is 12.6. The summed E-state index contributed by atoms with van der Waals surface area (Å²) in [4.78, 5) is 19.0. The van der Waals surface area contributed by atoms with Gasteiger partial charge in [-0.05, 0) is 31.2 Å². The molecule has 0 atom stereocenters. The lowest BCUT2D eigenvalue weighted by molar-refractivity contribution is 0.0598. The first-order valence-electron chi connectivity index (χ1n) is 9.08. The normalized spacial score (nSPS) is 15.2. The number of hydrogen-bond acceptors (Lipinski definition) is 3. The van der Waals surface area contributed by atoms with Crippen LogP contribution in [0, 0.1) is 6.92 Å². The van der Waals surface area contributed by atoms with Crippen LogP contribution in [0.15, 0.2) is 60.7 Å². The Kier molecular flexibility index (Phi) is 4.57. The number of likely N-dealkylation sites (tertiary alicyclic amines) is 1. The Morgan fingerprint density at radius 1 is 1.04 bits per heavy atom. The van der Waals surface area contributed by atoms with Gasteiger partial charge in [0.1, 0.15) is 11.9 Å². The molecule has 4 nitrogen and oxygen atoms in total. The molecule has 0 aliphatic carbocycles. The van der Waals surface area contributed by atoms with E-state index in [0.29, 0.717) is 0 Å². The van der Waals surface area contributed by atoms with Gasteiger partial charge in [0.25, 0.3) is 5.91 Å². The van der Waals surface area contributed by atoms with Crippen LogP contribution < -0.4 is 4.74 Å². The topological polar surface area (TPSA) is 42.4 Å². The van der Waals surface area contributed by atoms with Crippen molar-refractivity contribution in [3.63, 3.8) is 0 Å². The molecule has 1 aliphatic rings. The molecule has 0 unspecified atom stereocenters. The highest BCUT2D eigenvalue weighted by Gasteiger charge is 2.25. The van der Waals surface area contributed by atoms with E-state index in [1.165, 1.54) is 0 Å². The van der Waals surface area contributed by atoms with E-state index in [-0.39, 0.29) is 12.0 Å². The minimum absolute atomic E-state index is 0.106.